The van der Waals surface area contributed by atoms with Gasteiger partial charge in [0.15, 0.2) is 5.69 Å². The molecule has 126 valence electrons. The number of anilines is 1. The Hall–Kier alpha value is -2.51. The van der Waals surface area contributed by atoms with Crippen molar-refractivity contribution in [3.05, 3.63) is 53.5 Å². The average Bonchev–Trinajstić information content (AvgIpc) is 2.61. The molecule has 3 rings (SSSR count). The van der Waals surface area contributed by atoms with Gasteiger partial charge < -0.3 is 19.9 Å². The van der Waals surface area contributed by atoms with E-state index in [4.69, 9.17) is 14.6 Å². The van der Waals surface area contributed by atoms with Gasteiger partial charge in [0, 0.05) is 7.11 Å². The normalized spacial score (nSPS) is 19.5. The number of rotatable bonds is 6. The van der Waals surface area contributed by atoms with Crippen LogP contribution in [0, 0.1) is 0 Å². The number of fused-ring (bicyclic) bond motifs is 1. The largest absolute Gasteiger partial charge is 0.476 e. The molecule has 1 aliphatic heterocycles. The molecule has 0 bridgehead atoms. The number of carboxylic acid groups (broad SMARTS) is 1. The van der Waals surface area contributed by atoms with Gasteiger partial charge >= 0.3 is 5.97 Å². The van der Waals surface area contributed by atoms with Crippen molar-refractivity contribution in [2.75, 3.05) is 32.2 Å². The van der Waals surface area contributed by atoms with Crippen LogP contribution in [0.15, 0.2) is 36.7 Å². The standard InChI is InChI=1S/C17H19N3O4/c1-23-11-17(13-5-3-2-4-12(13)6-7-24-17)10-20-15-9-18-14(8-19-15)16(21)22/h2-5,8-9H,6-7,10-11H2,1H3,(H,19,20)(H,21,22). The second-order valence-electron chi connectivity index (χ2n) is 5.63. The average molecular weight is 329 g/mol. The van der Waals surface area contributed by atoms with Crippen molar-refractivity contribution in [2.24, 2.45) is 0 Å². The number of methoxy groups -OCH3 is 1. The van der Waals surface area contributed by atoms with Crippen LogP contribution in [0.2, 0.25) is 0 Å². The lowest BCUT2D eigenvalue weighted by molar-refractivity contribution is -0.0937. The Morgan fingerprint density at radius 3 is 2.92 bits per heavy atom. The van der Waals surface area contributed by atoms with Crippen LogP contribution >= 0.6 is 0 Å². The molecule has 0 aliphatic carbocycles. The summed E-state index contributed by atoms with van der Waals surface area (Å²) in [7, 11) is 1.64. The Bertz CT molecular complexity index is 720. The molecule has 1 aliphatic rings. The van der Waals surface area contributed by atoms with Gasteiger partial charge in [-0.25, -0.2) is 14.8 Å². The third-order valence-electron chi connectivity index (χ3n) is 4.06. The van der Waals surface area contributed by atoms with Gasteiger partial charge in [0.2, 0.25) is 0 Å². The van der Waals surface area contributed by atoms with Crippen molar-refractivity contribution < 1.29 is 19.4 Å². The van der Waals surface area contributed by atoms with Crippen LogP contribution in [-0.2, 0) is 21.5 Å². The van der Waals surface area contributed by atoms with Crippen LogP contribution in [0.4, 0.5) is 5.82 Å². The van der Waals surface area contributed by atoms with Gasteiger partial charge in [-0.3, -0.25) is 0 Å². The monoisotopic (exact) mass is 329 g/mol. The molecule has 2 aromatic rings. The zero-order valence-corrected chi connectivity index (χ0v) is 13.4. The summed E-state index contributed by atoms with van der Waals surface area (Å²) in [5.41, 5.74) is 1.64. The molecule has 1 aromatic carbocycles. The molecule has 7 nitrogen and oxygen atoms in total. The zero-order chi connectivity index (χ0) is 17.0. The molecule has 0 amide bonds. The molecule has 1 atom stereocenters. The Kier molecular flexibility index (Phi) is 4.73. The lowest BCUT2D eigenvalue weighted by Gasteiger charge is -2.38. The van der Waals surface area contributed by atoms with Crippen LogP contribution in [0.5, 0.6) is 0 Å². The van der Waals surface area contributed by atoms with Gasteiger partial charge in [0.25, 0.3) is 0 Å². The number of hydrogen-bond donors (Lipinski definition) is 2. The van der Waals surface area contributed by atoms with Gasteiger partial charge in [-0.2, -0.15) is 0 Å². The number of nitrogens with one attached hydrogen (secondary N) is 1. The summed E-state index contributed by atoms with van der Waals surface area (Å²) in [6.45, 7) is 1.46. The summed E-state index contributed by atoms with van der Waals surface area (Å²) >= 11 is 0. The van der Waals surface area contributed by atoms with Crippen LogP contribution in [0.1, 0.15) is 21.6 Å². The molecule has 0 spiro atoms. The number of carbonyl (C=O) groups is 1. The molecule has 0 radical (unpaired) electrons. The maximum Gasteiger partial charge on any atom is 0.356 e. The summed E-state index contributed by atoms with van der Waals surface area (Å²) < 4.78 is 11.5. The van der Waals surface area contributed by atoms with E-state index >= 15 is 0 Å². The molecular formula is C17H19N3O4. The molecule has 0 saturated heterocycles. The van der Waals surface area contributed by atoms with Gasteiger partial charge in [-0.15, -0.1) is 0 Å². The fraction of sp³-hybridized carbons (Fsp3) is 0.353. The lowest BCUT2D eigenvalue weighted by Crippen LogP contribution is -2.45. The summed E-state index contributed by atoms with van der Waals surface area (Å²) in [4.78, 5) is 18.8. The summed E-state index contributed by atoms with van der Waals surface area (Å²) in [6, 6.07) is 8.16. The first-order valence-electron chi connectivity index (χ1n) is 7.65. The third-order valence-corrected chi connectivity index (χ3v) is 4.06. The van der Waals surface area contributed by atoms with Crippen molar-refractivity contribution in [2.45, 2.75) is 12.0 Å². The molecule has 0 fully saturated rings. The predicted octanol–water partition coefficient (Wildman–Crippen LogP) is 1.70. The summed E-state index contributed by atoms with van der Waals surface area (Å²) in [6.07, 6.45) is 3.50. The molecule has 0 saturated carbocycles. The maximum absolute atomic E-state index is 10.8. The Labute approximate surface area is 139 Å². The lowest BCUT2D eigenvalue weighted by atomic mass is 9.86. The van der Waals surface area contributed by atoms with Gasteiger partial charge in [-0.1, -0.05) is 24.3 Å². The molecule has 24 heavy (non-hydrogen) atoms. The van der Waals surface area contributed by atoms with E-state index < -0.39 is 11.6 Å². The second-order valence-corrected chi connectivity index (χ2v) is 5.63. The van der Waals surface area contributed by atoms with Crippen molar-refractivity contribution in [3.63, 3.8) is 0 Å². The first kappa shape index (κ1) is 16.4. The minimum absolute atomic E-state index is 0.0913. The third kappa shape index (κ3) is 3.22. The van der Waals surface area contributed by atoms with E-state index in [0.29, 0.717) is 25.6 Å². The fourth-order valence-electron chi connectivity index (χ4n) is 2.93. The quantitative estimate of drug-likeness (QED) is 0.833. The number of benzene rings is 1. The number of ether oxygens (including phenoxy) is 2. The number of hydrogen-bond acceptors (Lipinski definition) is 6. The summed E-state index contributed by atoms with van der Waals surface area (Å²) in [5.74, 6) is -0.614. The van der Waals surface area contributed by atoms with Crippen molar-refractivity contribution in [1.82, 2.24) is 9.97 Å². The second kappa shape index (κ2) is 6.94. The van der Waals surface area contributed by atoms with Gasteiger partial charge in [0.1, 0.15) is 11.4 Å². The number of aromatic nitrogens is 2. The minimum Gasteiger partial charge on any atom is -0.476 e. The van der Waals surface area contributed by atoms with Crippen molar-refractivity contribution in [1.29, 1.82) is 0 Å². The minimum atomic E-state index is -1.10. The van der Waals surface area contributed by atoms with E-state index in [-0.39, 0.29) is 5.69 Å². The number of nitrogens with zero attached hydrogens (tertiary/aromatic N) is 2. The number of carboxylic acids is 1. The van der Waals surface area contributed by atoms with Crippen LogP contribution in [0.3, 0.4) is 0 Å². The van der Waals surface area contributed by atoms with Gasteiger partial charge in [0.05, 0.1) is 32.2 Å². The molecule has 2 N–H and O–H groups in total. The van der Waals surface area contributed by atoms with E-state index in [9.17, 15) is 4.79 Å². The fourth-order valence-corrected chi connectivity index (χ4v) is 2.93. The topological polar surface area (TPSA) is 93.6 Å². The molecule has 7 heteroatoms. The molecule has 2 heterocycles. The molecular weight excluding hydrogens is 310 g/mol. The van der Waals surface area contributed by atoms with Crippen LogP contribution in [-0.4, -0.2) is 47.9 Å². The van der Waals surface area contributed by atoms with E-state index in [2.05, 4.69) is 21.4 Å². The molecule has 1 aromatic heterocycles. The molecule has 1 unspecified atom stereocenters. The van der Waals surface area contributed by atoms with Crippen molar-refractivity contribution in [3.8, 4) is 0 Å². The highest BCUT2D eigenvalue weighted by molar-refractivity contribution is 5.84. The first-order chi connectivity index (χ1) is 11.6. The maximum atomic E-state index is 10.8. The van der Waals surface area contributed by atoms with E-state index in [0.717, 1.165) is 12.0 Å². The predicted molar refractivity (Wildman–Crippen MR) is 87.1 cm³/mol. The van der Waals surface area contributed by atoms with Gasteiger partial charge in [-0.05, 0) is 17.5 Å². The Morgan fingerprint density at radius 1 is 1.38 bits per heavy atom. The highest BCUT2D eigenvalue weighted by Gasteiger charge is 2.38. The number of aromatic carboxylic acids is 1. The SMILES string of the molecule is COCC1(CNc2cnc(C(=O)O)cn2)OCCc2ccccc21. The highest BCUT2D eigenvalue weighted by Crippen LogP contribution is 2.33. The highest BCUT2D eigenvalue weighted by atomic mass is 16.5. The Balaban J connectivity index is 1.81. The zero-order valence-electron chi connectivity index (χ0n) is 13.4. The van der Waals surface area contributed by atoms with Crippen LogP contribution < -0.4 is 5.32 Å². The Morgan fingerprint density at radius 2 is 2.21 bits per heavy atom. The van der Waals surface area contributed by atoms with E-state index in [1.165, 1.54) is 18.0 Å². The van der Waals surface area contributed by atoms with Crippen molar-refractivity contribution >= 4 is 11.8 Å². The smallest absolute Gasteiger partial charge is 0.356 e. The van der Waals surface area contributed by atoms with E-state index in [1.807, 2.05) is 18.2 Å². The van der Waals surface area contributed by atoms with Crippen LogP contribution in [0.25, 0.3) is 0 Å². The summed E-state index contributed by atoms with van der Waals surface area (Å²) in [5, 5.41) is 12.0. The van der Waals surface area contributed by atoms with E-state index in [1.54, 1.807) is 7.11 Å². The first-order valence-corrected chi connectivity index (χ1v) is 7.65.